The van der Waals surface area contributed by atoms with Gasteiger partial charge in [0.15, 0.2) is 11.9 Å². The Hall–Kier alpha value is -2.87. The number of rotatable bonds is 7. The molecule has 1 aromatic heterocycles. The van der Waals surface area contributed by atoms with E-state index in [0.717, 1.165) is 0 Å². The second-order valence-electron chi connectivity index (χ2n) is 5.08. The molecule has 24 heavy (non-hydrogen) atoms. The summed E-state index contributed by atoms with van der Waals surface area (Å²) >= 11 is 0. The van der Waals surface area contributed by atoms with E-state index in [1.165, 1.54) is 6.07 Å². The summed E-state index contributed by atoms with van der Waals surface area (Å²) in [5.41, 5.74) is 0.376. The number of hydrogen-bond acceptors (Lipinski definition) is 6. The fourth-order valence-electron chi connectivity index (χ4n) is 1.89. The topological polar surface area (TPSA) is 114 Å². The van der Waals surface area contributed by atoms with Gasteiger partial charge in [0.2, 0.25) is 0 Å². The number of ether oxygens (including phenoxy) is 1. The molecule has 2 rings (SSSR count). The van der Waals surface area contributed by atoms with Crippen molar-refractivity contribution in [1.29, 1.82) is 0 Å². The first-order chi connectivity index (χ1) is 11.5. The molecule has 0 spiro atoms. The van der Waals surface area contributed by atoms with E-state index in [-0.39, 0.29) is 19.1 Å². The number of nitrogens with zero attached hydrogens (tertiary/aromatic N) is 1. The summed E-state index contributed by atoms with van der Waals surface area (Å²) in [6.45, 7) is 3.33. The fourth-order valence-corrected chi connectivity index (χ4v) is 1.89. The third kappa shape index (κ3) is 4.82. The van der Waals surface area contributed by atoms with Crippen molar-refractivity contribution in [2.45, 2.75) is 20.0 Å². The molecule has 0 unspecified atom stereocenters. The predicted molar refractivity (Wildman–Crippen MR) is 85.8 cm³/mol. The van der Waals surface area contributed by atoms with Crippen LogP contribution in [0.1, 0.15) is 23.0 Å². The van der Waals surface area contributed by atoms with E-state index in [4.69, 9.17) is 14.4 Å². The molecule has 1 atom stereocenters. The zero-order valence-electron chi connectivity index (χ0n) is 13.4. The Labute approximate surface area is 138 Å². The van der Waals surface area contributed by atoms with Gasteiger partial charge in [-0.1, -0.05) is 11.2 Å². The van der Waals surface area contributed by atoms with Crippen molar-refractivity contribution in [3.63, 3.8) is 0 Å². The minimum atomic E-state index is -0.794. The molecule has 2 amide bonds. The number of aryl methyl sites for hydroxylation is 1. The number of nitrogens with one attached hydrogen (secondary N) is 2. The van der Waals surface area contributed by atoms with Crippen LogP contribution in [-0.4, -0.2) is 41.3 Å². The van der Waals surface area contributed by atoms with Gasteiger partial charge in [-0.25, -0.2) is 0 Å². The van der Waals surface area contributed by atoms with Crippen LogP contribution in [0.25, 0.3) is 0 Å². The van der Waals surface area contributed by atoms with Crippen LogP contribution in [0, 0.1) is 6.92 Å². The van der Waals surface area contributed by atoms with Crippen molar-refractivity contribution < 1.29 is 24.0 Å². The largest absolute Gasteiger partial charge is 0.481 e. The molecule has 0 aliphatic carbocycles. The molecule has 2 aromatic rings. The molecular formula is C16H19N3O5. The third-order valence-electron chi connectivity index (χ3n) is 3.05. The summed E-state index contributed by atoms with van der Waals surface area (Å²) < 4.78 is 10.4. The molecule has 128 valence electrons. The molecular weight excluding hydrogens is 314 g/mol. The number of hydrogen-bond donors (Lipinski definition) is 3. The molecule has 0 saturated heterocycles. The van der Waals surface area contributed by atoms with Gasteiger partial charge in [-0.15, -0.1) is 0 Å². The van der Waals surface area contributed by atoms with Gasteiger partial charge in [-0.2, -0.15) is 0 Å². The molecule has 8 heteroatoms. The molecule has 3 N–H and O–H groups in total. The Balaban J connectivity index is 1.96. The van der Waals surface area contributed by atoms with Crippen molar-refractivity contribution in [2.24, 2.45) is 0 Å². The zero-order chi connectivity index (χ0) is 17.5. The maximum atomic E-state index is 12.1. The summed E-state index contributed by atoms with van der Waals surface area (Å²) in [6.07, 6.45) is -0.794. The summed E-state index contributed by atoms with van der Waals surface area (Å²) in [5.74, 6) is 0.555. The molecule has 1 aromatic carbocycles. The number of amides is 2. The smallest absolute Gasteiger partial charge is 0.266 e. The van der Waals surface area contributed by atoms with Crippen LogP contribution in [0.2, 0.25) is 0 Å². The third-order valence-corrected chi connectivity index (χ3v) is 3.05. The van der Waals surface area contributed by atoms with Crippen molar-refractivity contribution in [3.8, 4) is 5.75 Å². The highest BCUT2D eigenvalue weighted by Gasteiger charge is 2.17. The van der Waals surface area contributed by atoms with Gasteiger partial charge in [0.1, 0.15) is 11.5 Å². The minimum Gasteiger partial charge on any atom is -0.481 e. The van der Waals surface area contributed by atoms with E-state index in [2.05, 4.69) is 15.8 Å². The highest BCUT2D eigenvalue weighted by Crippen LogP contribution is 2.16. The zero-order valence-corrected chi connectivity index (χ0v) is 13.4. The lowest BCUT2D eigenvalue weighted by atomic mass is 10.2. The van der Waals surface area contributed by atoms with Crippen molar-refractivity contribution in [3.05, 3.63) is 41.7 Å². The van der Waals surface area contributed by atoms with Gasteiger partial charge in [0.05, 0.1) is 6.61 Å². The lowest BCUT2D eigenvalue weighted by molar-refractivity contribution is -0.122. The van der Waals surface area contributed by atoms with E-state index in [1.54, 1.807) is 38.1 Å². The standard InChI is InChI=1S/C16H19N3O5/c1-10-8-14(19-24-10)18-15(21)11(2)23-13-5-3-4-12(9-13)16(22)17-6-7-20/h3-5,8-9,11,20H,6-7H2,1-2H3,(H,17,22)(H,18,19,21)/t11-/m1/s1. The van der Waals surface area contributed by atoms with Crippen LogP contribution in [0.5, 0.6) is 5.75 Å². The van der Waals surface area contributed by atoms with E-state index in [0.29, 0.717) is 22.9 Å². The Morgan fingerprint density at radius 2 is 2.17 bits per heavy atom. The maximum absolute atomic E-state index is 12.1. The lowest BCUT2D eigenvalue weighted by Gasteiger charge is -2.14. The average Bonchev–Trinajstić information content (AvgIpc) is 2.97. The first-order valence-electron chi connectivity index (χ1n) is 7.39. The van der Waals surface area contributed by atoms with Crippen LogP contribution >= 0.6 is 0 Å². The Bertz CT molecular complexity index is 713. The van der Waals surface area contributed by atoms with Gasteiger partial charge < -0.3 is 25.0 Å². The van der Waals surface area contributed by atoms with E-state index < -0.39 is 12.0 Å². The average molecular weight is 333 g/mol. The molecule has 8 nitrogen and oxygen atoms in total. The van der Waals surface area contributed by atoms with E-state index in [1.807, 2.05) is 0 Å². The molecule has 0 bridgehead atoms. The van der Waals surface area contributed by atoms with Gasteiger partial charge in [0, 0.05) is 18.2 Å². The monoisotopic (exact) mass is 333 g/mol. The Morgan fingerprint density at radius 1 is 1.38 bits per heavy atom. The van der Waals surface area contributed by atoms with Gasteiger partial charge in [0.25, 0.3) is 11.8 Å². The quantitative estimate of drug-likeness (QED) is 0.699. The highest BCUT2D eigenvalue weighted by atomic mass is 16.5. The van der Waals surface area contributed by atoms with Gasteiger partial charge in [-0.3, -0.25) is 9.59 Å². The Kier molecular flexibility index (Phi) is 5.91. The van der Waals surface area contributed by atoms with Crippen molar-refractivity contribution >= 4 is 17.6 Å². The first kappa shape index (κ1) is 17.5. The molecule has 0 fully saturated rings. The van der Waals surface area contributed by atoms with Crippen LogP contribution in [0.4, 0.5) is 5.82 Å². The van der Waals surface area contributed by atoms with Gasteiger partial charge >= 0.3 is 0 Å². The second kappa shape index (κ2) is 8.11. The lowest BCUT2D eigenvalue weighted by Crippen LogP contribution is -2.30. The summed E-state index contributed by atoms with van der Waals surface area (Å²) in [7, 11) is 0. The van der Waals surface area contributed by atoms with Crippen LogP contribution in [0.15, 0.2) is 34.9 Å². The van der Waals surface area contributed by atoms with E-state index in [9.17, 15) is 9.59 Å². The van der Waals surface area contributed by atoms with Crippen LogP contribution < -0.4 is 15.4 Å². The van der Waals surface area contributed by atoms with Crippen molar-refractivity contribution in [2.75, 3.05) is 18.5 Å². The first-order valence-corrected chi connectivity index (χ1v) is 7.39. The second-order valence-corrected chi connectivity index (χ2v) is 5.08. The van der Waals surface area contributed by atoms with Crippen molar-refractivity contribution in [1.82, 2.24) is 10.5 Å². The fraction of sp³-hybridized carbons (Fsp3) is 0.312. The maximum Gasteiger partial charge on any atom is 0.266 e. The van der Waals surface area contributed by atoms with E-state index >= 15 is 0 Å². The molecule has 0 aliphatic heterocycles. The summed E-state index contributed by atoms with van der Waals surface area (Å²) in [6, 6.07) is 8.03. The SMILES string of the molecule is Cc1cc(NC(=O)[C@@H](C)Oc2cccc(C(=O)NCCO)c2)no1. The number of benzene rings is 1. The molecule has 0 radical (unpaired) electrons. The number of aromatic nitrogens is 1. The van der Waals surface area contributed by atoms with Crippen LogP contribution in [-0.2, 0) is 4.79 Å². The normalized spacial score (nSPS) is 11.6. The predicted octanol–water partition coefficient (Wildman–Crippen LogP) is 1.11. The minimum absolute atomic E-state index is 0.138. The molecule has 0 saturated carbocycles. The summed E-state index contributed by atoms with van der Waals surface area (Å²) in [5, 5.41) is 17.5. The number of carbonyl (C=O) groups is 2. The number of aliphatic hydroxyl groups excluding tert-OH is 1. The molecule has 0 aliphatic rings. The number of aliphatic hydroxyl groups is 1. The highest BCUT2D eigenvalue weighted by molar-refractivity contribution is 5.95. The van der Waals surface area contributed by atoms with Gasteiger partial charge in [-0.05, 0) is 32.0 Å². The number of anilines is 1. The molecule has 1 heterocycles. The number of carbonyl (C=O) groups excluding carboxylic acids is 2. The van der Waals surface area contributed by atoms with Crippen LogP contribution in [0.3, 0.4) is 0 Å². The Morgan fingerprint density at radius 3 is 2.83 bits per heavy atom. The summed E-state index contributed by atoms with van der Waals surface area (Å²) in [4.78, 5) is 23.9.